The van der Waals surface area contributed by atoms with E-state index >= 15 is 0 Å². The van der Waals surface area contributed by atoms with E-state index in [9.17, 15) is 9.59 Å². The van der Waals surface area contributed by atoms with E-state index in [0.29, 0.717) is 23.7 Å². The fourth-order valence-corrected chi connectivity index (χ4v) is 3.43. The van der Waals surface area contributed by atoms with E-state index in [-0.39, 0.29) is 12.4 Å². The van der Waals surface area contributed by atoms with E-state index in [2.05, 4.69) is 6.92 Å². The van der Waals surface area contributed by atoms with Crippen LogP contribution in [0.5, 0.6) is 17.2 Å². The quantitative estimate of drug-likeness (QED) is 0.248. The molecule has 1 heterocycles. The van der Waals surface area contributed by atoms with Crippen molar-refractivity contribution in [3.63, 3.8) is 0 Å². The number of hydrogen-bond acceptors (Lipinski definition) is 5. The molecule has 0 atom stereocenters. The van der Waals surface area contributed by atoms with Crippen molar-refractivity contribution < 1.29 is 23.8 Å². The summed E-state index contributed by atoms with van der Waals surface area (Å²) < 4.78 is 16.2. The van der Waals surface area contributed by atoms with Crippen LogP contribution in [0.3, 0.4) is 0 Å². The number of hydrogen-bond donors (Lipinski definition) is 0. The van der Waals surface area contributed by atoms with Gasteiger partial charge in [-0.1, -0.05) is 57.9 Å². The first-order valence-corrected chi connectivity index (χ1v) is 10.9. The number of fused-ring (bicyclic) bond motifs is 1. The molecule has 1 aliphatic heterocycles. The highest BCUT2D eigenvalue weighted by Crippen LogP contribution is 2.30. The van der Waals surface area contributed by atoms with Crippen LogP contribution in [-0.4, -0.2) is 18.5 Å². The van der Waals surface area contributed by atoms with E-state index < -0.39 is 5.97 Å². The fraction of sp³-hybridized carbons (Fsp3) is 0.440. The molecule has 0 unspecified atom stereocenters. The third-order valence-electron chi connectivity index (χ3n) is 5.16. The molecule has 0 N–H and O–H groups in total. The summed E-state index contributed by atoms with van der Waals surface area (Å²) in [5.41, 5.74) is 1.24. The standard InChI is InChI=1S/C25H30O5/c1-2-3-4-5-6-7-8-9-16-28-21-13-10-19(11-14-21)25(27)29-22-15-12-20-17-24(26)30-23(20)18-22/h10-15,18H,2-9,16-17H2,1H3. The first kappa shape index (κ1) is 21.9. The minimum atomic E-state index is -0.464. The van der Waals surface area contributed by atoms with Crippen molar-refractivity contribution in [1.82, 2.24) is 0 Å². The molecule has 0 bridgehead atoms. The zero-order valence-corrected chi connectivity index (χ0v) is 17.7. The Labute approximate surface area is 178 Å². The van der Waals surface area contributed by atoms with Gasteiger partial charge in [0.2, 0.25) is 0 Å². The highest BCUT2D eigenvalue weighted by molar-refractivity contribution is 5.91. The van der Waals surface area contributed by atoms with Crippen molar-refractivity contribution in [2.24, 2.45) is 0 Å². The van der Waals surface area contributed by atoms with E-state index in [0.717, 1.165) is 17.7 Å². The van der Waals surface area contributed by atoms with E-state index in [1.165, 1.54) is 44.9 Å². The van der Waals surface area contributed by atoms with Gasteiger partial charge in [0.05, 0.1) is 18.6 Å². The van der Waals surface area contributed by atoms with Crippen LogP contribution in [0.25, 0.3) is 0 Å². The molecule has 0 aliphatic carbocycles. The predicted octanol–water partition coefficient (Wildman–Crippen LogP) is 5.89. The summed E-state index contributed by atoms with van der Waals surface area (Å²) in [7, 11) is 0. The molecule has 0 spiro atoms. The van der Waals surface area contributed by atoms with Crippen LogP contribution in [0, 0.1) is 0 Å². The van der Waals surface area contributed by atoms with E-state index in [4.69, 9.17) is 14.2 Å². The zero-order valence-electron chi connectivity index (χ0n) is 17.7. The van der Waals surface area contributed by atoms with Crippen LogP contribution in [0.1, 0.15) is 74.2 Å². The van der Waals surface area contributed by atoms with Crippen molar-refractivity contribution in [1.29, 1.82) is 0 Å². The molecular weight excluding hydrogens is 380 g/mol. The average molecular weight is 411 g/mol. The van der Waals surface area contributed by atoms with Gasteiger partial charge in [-0.2, -0.15) is 0 Å². The molecule has 0 saturated heterocycles. The van der Waals surface area contributed by atoms with Gasteiger partial charge in [-0.05, 0) is 36.8 Å². The Kier molecular flexibility index (Phi) is 8.30. The number of benzene rings is 2. The molecule has 2 aromatic carbocycles. The van der Waals surface area contributed by atoms with Gasteiger partial charge in [0.15, 0.2) is 0 Å². The van der Waals surface area contributed by atoms with Crippen molar-refractivity contribution in [2.45, 2.75) is 64.7 Å². The molecule has 2 aromatic rings. The summed E-state index contributed by atoms with van der Waals surface area (Å²) in [5, 5.41) is 0. The Morgan fingerprint density at radius 1 is 0.900 bits per heavy atom. The van der Waals surface area contributed by atoms with Crippen molar-refractivity contribution in [3.05, 3.63) is 53.6 Å². The fourth-order valence-electron chi connectivity index (χ4n) is 3.43. The summed E-state index contributed by atoms with van der Waals surface area (Å²) in [6.07, 6.45) is 10.4. The topological polar surface area (TPSA) is 61.8 Å². The minimum Gasteiger partial charge on any atom is -0.494 e. The van der Waals surface area contributed by atoms with Gasteiger partial charge in [0.1, 0.15) is 17.2 Å². The molecule has 0 fully saturated rings. The number of ether oxygens (including phenoxy) is 3. The lowest BCUT2D eigenvalue weighted by atomic mass is 10.1. The van der Waals surface area contributed by atoms with Crippen LogP contribution < -0.4 is 14.2 Å². The minimum absolute atomic E-state index is 0.254. The van der Waals surface area contributed by atoms with Crippen LogP contribution in [0.2, 0.25) is 0 Å². The molecule has 0 saturated carbocycles. The second-order valence-corrected chi connectivity index (χ2v) is 7.66. The van der Waals surface area contributed by atoms with Crippen LogP contribution in [-0.2, 0) is 11.2 Å². The predicted molar refractivity (Wildman–Crippen MR) is 115 cm³/mol. The zero-order chi connectivity index (χ0) is 21.2. The molecule has 3 rings (SSSR count). The summed E-state index contributed by atoms with van der Waals surface area (Å²) in [4.78, 5) is 23.7. The Morgan fingerprint density at radius 2 is 1.57 bits per heavy atom. The summed E-state index contributed by atoms with van der Waals surface area (Å²) >= 11 is 0. The highest BCUT2D eigenvalue weighted by atomic mass is 16.5. The summed E-state index contributed by atoms with van der Waals surface area (Å²) in [5.74, 6) is 0.794. The van der Waals surface area contributed by atoms with Gasteiger partial charge in [0.25, 0.3) is 0 Å². The third kappa shape index (κ3) is 6.61. The molecule has 0 amide bonds. The average Bonchev–Trinajstić information content (AvgIpc) is 3.12. The van der Waals surface area contributed by atoms with E-state index in [1.54, 1.807) is 42.5 Å². The molecule has 5 heteroatoms. The summed E-state index contributed by atoms with van der Waals surface area (Å²) in [6, 6.07) is 11.9. The van der Waals surface area contributed by atoms with Gasteiger partial charge < -0.3 is 14.2 Å². The molecule has 160 valence electrons. The maximum atomic E-state index is 12.3. The lowest BCUT2D eigenvalue weighted by Crippen LogP contribution is -2.08. The second-order valence-electron chi connectivity index (χ2n) is 7.66. The Hall–Kier alpha value is -2.82. The third-order valence-corrected chi connectivity index (χ3v) is 5.16. The molecule has 1 aliphatic rings. The molecule has 0 aromatic heterocycles. The smallest absolute Gasteiger partial charge is 0.343 e. The Bertz CT molecular complexity index is 841. The normalized spacial score (nSPS) is 12.4. The second kappa shape index (κ2) is 11.4. The molecule has 5 nitrogen and oxygen atoms in total. The van der Waals surface area contributed by atoms with Crippen molar-refractivity contribution in [3.8, 4) is 17.2 Å². The lowest BCUT2D eigenvalue weighted by molar-refractivity contribution is -0.131. The maximum Gasteiger partial charge on any atom is 0.343 e. The lowest BCUT2D eigenvalue weighted by Gasteiger charge is -2.08. The van der Waals surface area contributed by atoms with Gasteiger partial charge in [-0.25, -0.2) is 4.79 Å². The van der Waals surface area contributed by atoms with Gasteiger partial charge in [-0.3, -0.25) is 4.79 Å². The first-order valence-electron chi connectivity index (χ1n) is 10.9. The van der Waals surface area contributed by atoms with Crippen LogP contribution in [0.15, 0.2) is 42.5 Å². The highest BCUT2D eigenvalue weighted by Gasteiger charge is 2.21. The number of carbonyl (C=O) groups excluding carboxylic acids is 2. The maximum absolute atomic E-state index is 12.3. The molecular formula is C25H30O5. The Morgan fingerprint density at radius 3 is 2.30 bits per heavy atom. The molecule has 30 heavy (non-hydrogen) atoms. The number of rotatable bonds is 12. The summed E-state index contributed by atoms with van der Waals surface area (Å²) in [6.45, 7) is 2.92. The van der Waals surface area contributed by atoms with Crippen molar-refractivity contribution >= 4 is 11.9 Å². The molecule has 0 radical (unpaired) electrons. The van der Waals surface area contributed by atoms with Gasteiger partial charge >= 0.3 is 11.9 Å². The van der Waals surface area contributed by atoms with Crippen LogP contribution >= 0.6 is 0 Å². The Balaban J connectivity index is 1.37. The van der Waals surface area contributed by atoms with Crippen molar-refractivity contribution in [2.75, 3.05) is 6.61 Å². The number of unbranched alkanes of at least 4 members (excludes halogenated alkanes) is 7. The van der Waals surface area contributed by atoms with Crippen LogP contribution in [0.4, 0.5) is 0 Å². The van der Waals surface area contributed by atoms with Gasteiger partial charge in [-0.15, -0.1) is 0 Å². The van der Waals surface area contributed by atoms with E-state index in [1.807, 2.05) is 0 Å². The SMILES string of the molecule is CCCCCCCCCCOc1ccc(C(=O)Oc2ccc3c(c2)OC(=O)C3)cc1. The number of esters is 2. The largest absolute Gasteiger partial charge is 0.494 e. The van der Waals surface area contributed by atoms with Gasteiger partial charge in [0, 0.05) is 11.6 Å². The first-order chi connectivity index (χ1) is 14.7. The monoisotopic (exact) mass is 410 g/mol. The number of carbonyl (C=O) groups is 2.